The topological polar surface area (TPSA) is 9.23 Å². The van der Waals surface area contributed by atoms with Gasteiger partial charge in [0, 0.05) is 6.61 Å². The van der Waals surface area contributed by atoms with E-state index in [9.17, 15) is 4.39 Å². The molecule has 0 amide bonds. The van der Waals surface area contributed by atoms with Gasteiger partial charge in [0.2, 0.25) is 0 Å². The fourth-order valence-corrected chi connectivity index (χ4v) is 1.06. The molecule has 0 aliphatic carbocycles. The van der Waals surface area contributed by atoms with E-state index in [0.29, 0.717) is 6.61 Å². The molecule has 2 heteroatoms. The van der Waals surface area contributed by atoms with E-state index in [1.165, 1.54) is 12.1 Å². The summed E-state index contributed by atoms with van der Waals surface area (Å²) in [5.41, 5.74) is 0.899. The number of ether oxygens (including phenoxy) is 1. The maximum atomic E-state index is 12.7. The normalized spacial score (nSPS) is 10.3. The van der Waals surface area contributed by atoms with Crippen molar-refractivity contribution in [2.75, 3.05) is 6.61 Å². The number of halogens is 1. The van der Waals surface area contributed by atoms with Crippen molar-refractivity contribution in [3.8, 4) is 0 Å². The molecule has 1 rings (SSSR count). The van der Waals surface area contributed by atoms with Crippen LogP contribution in [-0.4, -0.2) is 6.61 Å². The molecule has 0 unspecified atom stereocenters. The van der Waals surface area contributed by atoms with Crippen LogP contribution in [0.4, 0.5) is 4.39 Å². The largest absolute Gasteiger partial charge is 0.377 e. The molecular weight excluding hydrogens is 167 g/mol. The van der Waals surface area contributed by atoms with Gasteiger partial charge in [-0.05, 0) is 24.1 Å². The third kappa shape index (κ3) is 4.04. The Labute approximate surface area is 78.5 Å². The van der Waals surface area contributed by atoms with E-state index in [4.69, 9.17) is 4.74 Å². The Morgan fingerprint density at radius 2 is 2.23 bits per heavy atom. The van der Waals surface area contributed by atoms with Gasteiger partial charge in [0.1, 0.15) is 5.82 Å². The smallest absolute Gasteiger partial charge is 0.123 e. The number of hydrogen-bond acceptors (Lipinski definition) is 1. The van der Waals surface area contributed by atoms with Gasteiger partial charge in [-0.1, -0.05) is 25.5 Å². The average Bonchev–Trinajstić information content (AvgIpc) is 2.13. The fourth-order valence-electron chi connectivity index (χ4n) is 1.06. The predicted molar refractivity (Wildman–Crippen MR) is 51.0 cm³/mol. The van der Waals surface area contributed by atoms with Crippen LogP contribution in [0.25, 0.3) is 0 Å². The van der Waals surface area contributed by atoms with Gasteiger partial charge in [-0.2, -0.15) is 0 Å². The summed E-state index contributed by atoms with van der Waals surface area (Å²) in [4.78, 5) is 0. The molecule has 0 saturated carbocycles. The number of rotatable bonds is 5. The zero-order valence-electron chi connectivity index (χ0n) is 7.92. The Morgan fingerprint density at radius 1 is 1.38 bits per heavy atom. The minimum absolute atomic E-state index is 0.198. The zero-order chi connectivity index (χ0) is 9.52. The highest BCUT2D eigenvalue weighted by Gasteiger charge is 1.94. The van der Waals surface area contributed by atoms with Gasteiger partial charge in [0.15, 0.2) is 0 Å². The highest BCUT2D eigenvalue weighted by Crippen LogP contribution is 2.05. The SMILES string of the molecule is CCCCOCc1cccc(F)c1. The maximum Gasteiger partial charge on any atom is 0.123 e. The minimum Gasteiger partial charge on any atom is -0.377 e. The average molecular weight is 182 g/mol. The van der Waals surface area contributed by atoms with E-state index in [1.54, 1.807) is 6.07 Å². The van der Waals surface area contributed by atoms with Crippen molar-refractivity contribution in [1.82, 2.24) is 0 Å². The summed E-state index contributed by atoms with van der Waals surface area (Å²) in [6, 6.07) is 6.52. The van der Waals surface area contributed by atoms with Gasteiger partial charge >= 0.3 is 0 Å². The second-order valence-corrected chi connectivity index (χ2v) is 3.04. The van der Waals surface area contributed by atoms with E-state index in [0.717, 1.165) is 25.0 Å². The third-order valence-electron chi connectivity index (χ3n) is 1.80. The molecule has 13 heavy (non-hydrogen) atoms. The van der Waals surface area contributed by atoms with Crippen molar-refractivity contribution < 1.29 is 9.13 Å². The maximum absolute atomic E-state index is 12.7. The summed E-state index contributed by atoms with van der Waals surface area (Å²) in [6.07, 6.45) is 2.19. The third-order valence-corrected chi connectivity index (χ3v) is 1.80. The van der Waals surface area contributed by atoms with Crippen molar-refractivity contribution in [3.63, 3.8) is 0 Å². The summed E-state index contributed by atoms with van der Waals surface area (Å²) in [6.45, 7) is 3.39. The molecule has 0 aliphatic rings. The van der Waals surface area contributed by atoms with Gasteiger partial charge in [-0.3, -0.25) is 0 Å². The molecule has 0 radical (unpaired) electrons. The molecule has 0 bridgehead atoms. The van der Waals surface area contributed by atoms with E-state index in [-0.39, 0.29) is 5.82 Å². The Hall–Kier alpha value is -0.890. The van der Waals surface area contributed by atoms with E-state index in [1.807, 2.05) is 6.07 Å². The standard InChI is InChI=1S/C11H15FO/c1-2-3-7-13-9-10-5-4-6-11(12)8-10/h4-6,8H,2-3,7,9H2,1H3. The molecular formula is C11H15FO. The monoisotopic (exact) mass is 182 g/mol. The van der Waals surface area contributed by atoms with Crippen LogP contribution in [0.2, 0.25) is 0 Å². The molecule has 0 heterocycles. The number of hydrogen-bond donors (Lipinski definition) is 0. The van der Waals surface area contributed by atoms with E-state index in [2.05, 4.69) is 6.92 Å². The molecule has 72 valence electrons. The lowest BCUT2D eigenvalue weighted by Crippen LogP contribution is -1.95. The molecule has 0 atom stereocenters. The predicted octanol–water partition coefficient (Wildman–Crippen LogP) is 3.14. The lowest BCUT2D eigenvalue weighted by molar-refractivity contribution is 0.118. The lowest BCUT2D eigenvalue weighted by atomic mass is 10.2. The first-order valence-electron chi connectivity index (χ1n) is 4.65. The molecule has 0 aliphatic heterocycles. The van der Waals surface area contributed by atoms with Crippen LogP contribution < -0.4 is 0 Å². The molecule has 0 saturated heterocycles. The summed E-state index contributed by atoms with van der Waals surface area (Å²) < 4.78 is 18.0. The first-order chi connectivity index (χ1) is 6.33. The molecule has 1 aromatic rings. The van der Waals surface area contributed by atoms with Gasteiger partial charge in [0.05, 0.1) is 6.61 Å². The molecule has 1 aromatic carbocycles. The van der Waals surface area contributed by atoms with E-state index >= 15 is 0 Å². The number of unbranched alkanes of at least 4 members (excludes halogenated alkanes) is 1. The van der Waals surface area contributed by atoms with Gasteiger partial charge < -0.3 is 4.74 Å². The minimum atomic E-state index is -0.198. The van der Waals surface area contributed by atoms with Gasteiger partial charge in [-0.15, -0.1) is 0 Å². The van der Waals surface area contributed by atoms with Crippen molar-refractivity contribution in [2.45, 2.75) is 26.4 Å². The van der Waals surface area contributed by atoms with Crippen LogP contribution >= 0.6 is 0 Å². The first-order valence-corrected chi connectivity index (χ1v) is 4.65. The van der Waals surface area contributed by atoms with Crippen molar-refractivity contribution in [2.24, 2.45) is 0 Å². The van der Waals surface area contributed by atoms with Crippen LogP contribution in [0.5, 0.6) is 0 Å². The number of benzene rings is 1. The Morgan fingerprint density at radius 3 is 2.92 bits per heavy atom. The second-order valence-electron chi connectivity index (χ2n) is 3.04. The van der Waals surface area contributed by atoms with E-state index < -0.39 is 0 Å². The molecule has 0 aromatic heterocycles. The Bertz CT molecular complexity index is 248. The summed E-state index contributed by atoms with van der Waals surface area (Å²) in [7, 11) is 0. The quantitative estimate of drug-likeness (QED) is 0.635. The molecule has 0 spiro atoms. The van der Waals surface area contributed by atoms with Crippen LogP contribution in [0.15, 0.2) is 24.3 Å². The molecule has 0 N–H and O–H groups in total. The van der Waals surface area contributed by atoms with Crippen molar-refractivity contribution >= 4 is 0 Å². The highest BCUT2D eigenvalue weighted by molar-refractivity contribution is 5.15. The van der Waals surface area contributed by atoms with Crippen LogP contribution in [0.3, 0.4) is 0 Å². The lowest BCUT2D eigenvalue weighted by Gasteiger charge is -2.02. The Kier molecular flexibility index (Phi) is 4.47. The summed E-state index contributed by atoms with van der Waals surface area (Å²) in [5.74, 6) is -0.198. The second kappa shape index (κ2) is 5.70. The molecule has 1 nitrogen and oxygen atoms in total. The van der Waals surface area contributed by atoms with Crippen molar-refractivity contribution in [1.29, 1.82) is 0 Å². The first kappa shape index (κ1) is 10.2. The fraction of sp³-hybridized carbons (Fsp3) is 0.455. The van der Waals surface area contributed by atoms with Crippen LogP contribution in [0.1, 0.15) is 25.3 Å². The van der Waals surface area contributed by atoms with Gasteiger partial charge in [-0.25, -0.2) is 4.39 Å². The molecule has 0 fully saturated rings. The van der Waals surface area contributed by atoms with Crippen molar-refractivity contribution in [3.05, 3.63) is 35.6 Å². The van der Waals surface area contributed by atoms with Gasteiger partial charge in [0.25, 0.3) is 0 Å². The zero-order valence-corrected chi connectivity index (χ0v) is 7.92. The summed E-state index contributed by atoms with van der Waals surface area (Å²) >= 11 is 0. The summed E-state index contributed by atoms with van der Waals surface area (Å²) in [5, 5.41) is 0. The highest BCUT2D eigenvalue weighted by atomic mass is 19.1. The van der Waals surface area contributed by atoms with Crippen LogP contribution in [0, 0.1) is 5.82 Å². The van der Waals surface area contributed by atoms with Crippen LogP contribution in [-0.2, 0) is 11.3 Å². The Balaban J connectivity index is 2.28.